The number of alkyl halides is 3. The Morgan fingerprint density at radius 1 is 1.00 bits per heavy atom. The quantitative estimate of drug-likeness (QED) is 0.447. The number of carbonyl (C=O) groups excluding carboxylic acids is 3. The van der Waals surface area contributed by atoms with Crippen LogP contribution in [-0.2, 0) is 25.2 Å². The van der Waals surface area contributed by atoms with Crippen molar-refractivity contribution in [3.8, 4) is 0 Å². The predicted octanol–water partition coefficient (Wildman–Crippen LogP) is 5.74. The van der Waals surface area contributed by atoms with E-state index in [1.165, 1.54) is 12.1 Å². The van der Waals surface area contributed by atoms with E-state index in [-0.39, 0.29) is 18.4 Å². The molecule has 0 bridgehead atoms. The van der Waals surface area contributed by atoms with Gasteiger partial charge in [0.2, 0.25) is 0 Å². The van der Waals surface area contributed by atoms with Gasteiger partial charge in [-0.05, 0) is 72.1 Å². The highest BCUT2D eigenvalue weighted by atomic mass is 19.4. The zero-order valence-corrected chi connectivity index (χ0v) is 19.9. The Morgan fingerprint density at radius 2 is 1.61 bits per heavy atom. The lowest BCUT2D eigenvalue weighted by molar-refractivity contribution is -0.175. The van der Waals surface area contributed by atoms with E-state index >= 15 is 0 Å². The summed E-state index contributed by atoms with van der Waals surface area (Å²) in [5.74, 6) is -1.36. The van der Waals surface area contributed by atoms with Gasteiger partial charge in [-0.15, -0.1) is 0 Å². The van der Waals surface area contributed by atoms with Gasteiger partial charge in [-0.25, -0.2) is 4.79 Å². The van der Waals surface area contributed by atoms with Gasteiger partial charge in [-0.3, -0.25) is 9.59 Å². The first-order valence-corrected chi connectivity index (χ1v) is 10.9. The molecule has 9 heteroatoms. The Hall–Kier alpha value is -2.58. The summed E-state index contributed by atoms with van der Waals surface area (Å²) in [6.45, 7) is 9.77. The molecule has 0 aromatic heterocycles. The SMILES string of the molecule is CC(C)(C)OC(=O)N[C@@H](c1cccc(C(F)(F)F)c1)[C@]1(C(=O)OC(C)(C)C)CCCCC1=O. The van der Waals surface area contributed by atoms with E-state index in [2.05, 4.69) is 5.32 Å². The lowest BCUT2D eigenvalue weighted by Gasteiger charge is -2.42. The molecule has 0 aliphatic heterocycles. The van der Waals surface area contributed by atoms with Crippen LogP contribution in [0.3, 0.4) is 0 Å². The van der Waals surface area contributed by atoms with E-state index in [0.717, 1.165) is 12.1 Å². The maximum absolute atomic E-state index is 13.5. The van der Waals surface area contributed by atoms with Gasteiger partial charge in [0.05, 0.1) is 11.6 Å². The van der Waals surface area contributed by atoms with Crippen LogP contribution in [0.4, 0.5) is 18.0 Å². The van der Waals surface area contributed by atoms with Crippen molar-refractivity contribution in [1.29, 1.82) is 0 Å². The predicted molar refractivity (Wildman–Crippen MR) is 115 cm³/mol. The van der Waals surface area contributed by atoms with Gasteiger partial charge in [0.15, 0.2) is 11.2 Å². The zero-order chi connectivity index (χ0) is 25.2. The van der Waals surface area contributed by atoms with Gasteiger partial charge in [0, 0.05) is 6.42 Å². The smallest absolute Gasteiger partial charge is 0.416 e. The molecule has 0 saturated heterocycles. The molecular weight excluding hydrogens is 439 g/mol. The summed E-state index contributed by atoms with van der Waals surface area (Å²) >= 11 is 0. The Labute approximate surface area is 192 Å². The van der Waals surface area contributed by atoms with Crippen LogP contribution in [-0.4, -0.2) is 29.0 Å². The maximum Gasteiger partial charge on any atom is 0.416 e. The molecule has 6 nitrogen and oxygen atoms in total. The Balaban J connectivity index is 2.67. The van der Waals surface area contributed by atoms with Crippen LogP contribution >= 0.6 is 0 Å². The Kier molecular flexibility index (Phi) is 7.55. The molecule has 1 aromatic carbocycles. The average Bonchev–Trinajstić information content (AvgIpc) is 2.63. The van der Waals surface area contributed by atoms with Crippen LogP contribution in [0.2, 0.25) is 0 Å². The molecule has 0 radical (unpaired) electrons. The third-order valence-electron chi connectivity index (χ3n) is 5.19. The van der Waals surface area contributed by atoms with Crippen LogP contribution in [0.15, 0.2) is 24.3 Å². The fourth-order valence-electron chi connectivity index (χ4n) is 3.87. The first-order valence-electron chi connectivity index (χ1n) is 10.9. The number of ketones is 1. The van der Waals surface area contributed by atoms with E-state index in [1.807, 2.05) is 0 Å². The normalized spacial score (nSPS) is 20.7. The number of carbonyl (C=O) groups is 3. The van der Waals surface area contributed by atoms with Gasteiger partial charge < -0.3 is 14.8 Å². The third-order valence-corrected chi connectivity index (χ3v) is 5.19. The molecule has 1 saturated carbocycles. The minimum absolute atomic E-state index is 0.0253. The molecule has 0 unspecified atom stereocenters. The molecule has 1 amide bonds. The van der Waals surface area contributed by atoms with Crippen molar-refractivity contribution in [2.75, 3.05) is 0 Å². The van der Waals surface area contributed by atoms with Gasteiger partial charge >= 0.3 is 18.2 Å². The highest BCUT2D eigenvalue weighted by Gasteiger charge is 2.56. The summed E-state index contributed by atoms with van der Waals surface area (Å²) in [5, 5.41) is 2.53. The first-order chi connectivity index (χ1) is 15.0. The van der Waals surface area contributed by atoms with Gasteiger partial charge in [-0.2, -0.15) is 13.2 Å². The lowest BCUT2D eigenvalue weighted by Crippen LogP contribution is -2.54. The number of halogens is 3. The minimum atomic E-state index is -4.65. The molecular formula is C24H32F3NO5. The number of Topliss-reactive ketones (excluding diaryl/α,β-unsaturated/α-hetero) is 1. The Morgan fingerprint density at radius 3 is 2.12 bits per heavy atom. The number of ether oxygens (including phenoxy) is 2. The molecule has 2 atom stereocenters. The second-order valence-corrected chi connectivity index (χ2v) is 10.3. The van der Waals surface area contributed by atoms with E-state index in [9.17, 15) is 27.6 Å². The zero-order valence-electron chi connectivity index (χ0n) is 19.9. The summed E-state index contributed by atoms with van der Waals surface area (Å²) in [6, 6.07) is 2.85. The highest BCUT2D eigenvalue weighted by Crippen LogP contribution is 2.46. The Bertz CT molecular complexity index is 899. The molecule has 2 rings (SSSR count). The summed E-state index contributed by atoms with van der Waals surface area (Å²) in [4.78, 5) is 39.4. The van der Waals surface area contributed by atoms with E-state index < -0.39 is 52.2 Å². The van der Waals surface area contributed by atoms with Crippen molar-refractivity contribution < 1.29 is 37.0 Å². The highest BCUT2D eigenvalue weighted by molar-refractivity contribution is 6.05. The second-order valence-electron chi connectivity index (χ2n) is 10.3. The first kappa shape index (κ1) is 26.7. The van der Waals surface area contributed by atoms with Crippen molar-refractivity contribution in [1.82, 2.24) is 5.32 Å². The maximum atomic E-state index is 13.5. The monoisotopic (exact) mass is 471 g/mol. The summed E-state index contributed by atoms with van der Waals surface area (Å²) in [6.07, 6.45) is -4.53. The minimum Gasteiger partial charge on any atom is -0.459 e. The number of alkyl carbamates (subject to hydrolysis) is 1. The third kappa shape index (κ3) is 6.71. The summed E-state index contributed by atoms with van der Waals surface area (Å²) < 4.78 is 51.2. The largest absolute Gasteiger partial charge is 0.459 e. The van der Waals surface area contributed by atoms with E-state index in [0.29, 0.717) is 12.8 Å². The molecule has 1 N–H and O–H groups in total. The number of nitrogens with one attached hydrogen (secondary N) is 1. The molecule has 33 heavy (non-hydrogen) atoms. The van der Waals surface area contributed by atoms with Crippen LogP contribution in [0.5, 0.6) is 0 Å². The van der Waals surface area contributed by atoms with Crippen molar-refractivity contribution in [3.63, 3.8) is 0 Å². The molecule has 1 aliphatic rings. The van der Waals surface area contributed by atoms with Crippen molar-refractivity contribution in [2.24, 2.45) is 5.41 Å². The summed E-state index contributed by atoms with van der Waals surface area (Å²) in [7, 11) is 0. The second kappa shape index (κ2) is 9.35. The number of hydrogen-bond acceptors (Lipinski definition) is 5. The van der Waals surface area contributed by atoms with Crippen LogP contribution in [0.25, 0.3) is 0 Å². The lowest BCUT2D eigenvalue weighted by atomic mass is 9.66. The van der Waals surface area contributed by atoms with E-state index in [4.69, 9.17) is 9.47 Å². The number of esters is 1. The van der Waals surface area contributed by atoms with E-state index in [1.54, 1.807) is 41.5 Å². The van der Waals surface area contributed by atoms with Crippen molar-refractivity contribution in [3.05, 3.63) is 35.4 Å². The molecule has 184 valence electrons. The standard InChI is InChI=1S/C24H32F3NO5/c1-21(2,3)32-19(30)23(13-8-7-12-17(23)29)18(28-20(31)33-22(4,5)6)15-10-9-11-16(14-15)24(25,26)27/h9-11,14,18H,7-8,12-13H2,1-6H3,(H,28,31)/t18-,23-/m0/s1. The molecule has 1 fully saturated rings. The molecule has 0 spiro atoms. The van der Waals surface area contributed by atoms with Crippen LogP contribution < -0.4 is 5.32 Å². The molecule has 1 aliphatic carbocycles. The fraction of sp³-hybridized carbons (Fsp3) is 0.625. The molecule has 0 heterocycles. The van der Waals surface area contributed by atoms with Crippen LogP contribution in [0, 0.1) is 5.41 Å². The number of benzene rings is 1. The number of amides is 1. The van der Waals surface area contributed by atoms with Gasteiger partial charge in [0.25, 0.3) is 0 Å². The van der Waals surface area contributed by atoms with Crippen molar-refractivity contribution in [2.45, 2.75) is 90.6 Å². The molecule has 1 aromatic rings. The fourth-order valence-corrected chi connectivity index (χ4v) is 3.87. The number of rotatable bonds is 4. The summed E-state index contributed by atoms with van der Waals surface area (Å²) in [5.41, 5.74) is -4.73. The van der Waals surface area contributed by atoms with Gasteiger partial charge in [0.1, 0.15) is 11.2 Å². The average molecular weight is 472 g/mol. The van der Waals surface area contributed by atoms with Gasteiger partial charge in [-0.1, -0.05) is 18.6 Å². The number of hydrogen-bond donors (Lipinski definition) is 1. The van der Waals surface area contributed by atoms with Crippen molar-refractivity contribution >= 4 is 17.8 Å². The van der Waals surface area contributed by atoms with Crippen LogP contribution in [0.1, 0.15) is 84.4 Å². The topological polar surface area (TPSA) is 81.7 Å².